The summed E-state index contributed by atoms with van der Waals surface area (Å²) in [7, 11) is 0. The summed E-state index contributed by atoms with van der Waals surface area (Å²) in [6.07, 6.45) is 0. The molecule has 0 saturated carbocycles. The summed E-state index contributed by atoms with van der Waals surface area (Å²) in [5, 5.41) is 0. The van der Waals surface area contributed by atoms with Crippen molar-refractivity contribution in [1.29, 1.82) is 0 Å². The smallest absolute Gasteiger partial charge is 0.345 e. The second kappa shape index (κ2) is 4.42. The van der Waals surface area contributed by atoms with Gasteiger partial charge in [0.2, 0.25) is 0 Å². The summed E-state index contributed by atoms with van der Waals surface area (Å²) in [6.45, 7) is 4.90. The van der Waals surface area contributed by atoms with Gasteiger partial charge in [-0.25, -0.2) is 4.79 Å². The lowest BCUT2D eigenvalue weighted by atomic mass is 10.0. The van der Waals surface area contributed by atoms with Crippen LogP contribution in [0.5, 0.6) is 11.5 Å². The highest BCUT2D eigenvalue weighted by Crippen LogP contribution is 2.36. The SMILES string of the molecule is Cc1cc(-c2cc3c(cc2C)OCCO3)nc(=O)[nH]1. The topological polar surface area (TPSA) is 64.2 Å². The molecule has 0 spiro atoms. The summed E-state index contributed by atoms with van der Waals surface area (Å²) in [5.41, 5.74) is 2.98. The van der Waals surface area contributed by atoms with Crippen LogP contribution in [0.4, 0.5) is 0 Å². The number of rotatable bonds is 1. The Morgan fingerprint density at radius 1 is 1.11 bits per heavy atom. The molecule has 0 fully saturated rings. The molecule has 0 bridgehead atoms. The molecule has 0 aliphatic carbocycles. The van der Waals surface area contributed by atoms with Gasteiger partial charge in [0.25, 0.3) is 0 Å². The van der Waals surface area contributed by atoms with Crippen LogP contribution in [0, 0.1) is 13.8 Å². The fourth-order valence-corrected chi connectivity index (χ4v) is 2.18. The van der Waals surface area contributed by atoms with Gasteiger partial charge in [-0.05, 0) is 37.6 Å². The molecule has 0 saturated heterocycles. The largest absolute Gasteiger partial charge is 0.486 e. The first-order chi connectivity index (χ1) is 9.13. The van der Waals surface area contributed by atoms with Crippen molar-refractivity contribution in [2.24, 2.45) is 0 Å². The molecule has 19 heavy (non-hydrogen) atoms. The molecule has 0 atom stereocenters. The fourth-order valence-electron chi connectivity index (χ4n) is 2.18. The van der Waals surface area contributed by atoms with E-state index in [2.05, 4.69) is 9.97 Å². The van der Waals surface area contributed by atoms with Crippen LogP contribution in [-0.4, -0.2) is 23.2 Å². The van der Waals surface area contributed by atoms with Gasteiger partial charge in [0.15, 0.2) is 11.5 Å². The number of hydrogen-bond acceptors (Lipinski definition) is 4. The molecular formula is C14H14N2O3. The zero-order chi connectivity index (χ0) is 13.4. The second-order valence-corrected chi connectivity index (χ2v) is 4.57. The highest BCUT2D eigenvalue weighted by atomic mass is 16.6. The Hall–Kier alpha value is -2.30. The van der Waals surface area contributed by atoms with Gasteiger partial charge in [0.05, 0.1) is 5.69 Å². The predicted octanol–water partition coefficient (Wildman–Crippen LogP) is 1.82. The lowest BCUT2D eigenvalue weighted by molar-refractivity contribution is 0.171. The number of aromatic amines is 1. The molecule has 3 rings (SSSR count). The standard InChI is InChI=1S/C14H14N2O3/c1-8-5-12-13(19-4-3-18-12)7-10(8)11-6-9(2)15-14(17)16-11/h5-7H,3-4H2,1-2H3,(H,15,16,17). The number of benzene rings is 1. The van der Waals surface area contributed by atoms with Gasteiger partial charge in [0.1, 0.15) is 13.2 Å². The minimum atomic E-state index is -0.343. The van der Waals surface area contributed by atoms with Crippen LogP contribution in [-0.2, 0) is 0 Å². The summed E-state index contributed by atoms with van der Waals surface area (Å²) in [4.78, 5) is 18.1. The molecule has 5 heteroatoms. The van der Waals surface area contributed by atoms with Crippen molar-refractivity contribution >= 4 is 0 Å². The summed E-state index contributed by atoms with van der Waals surface area (Å²) >= 11 is 0. The van der Waals surface area contributed by atoms with Gasteiger partial charge in [-0.2, -0.15) is 4.98 Å². The van der Waals surface area contributed by atoms with E-state index in [0.717, 1.165) is 22.6 Å². The Kier molecular flexibility index (Phi) is 2.74. The third-order valence-corrected chi connectivity index (χ3v) is 3.04. The van der Waals surface area contributed by atoms with Gasteiger partial charge in [-0.15, -0.1) is 0 Å². The predicted molar refractivity (Wildman–Crippen MR) is 70.8 cm³/mol. The second-order valence-electron chi connectivity index (χ2n) is 4.57. The maximum Gasteiger partial charge on any atom is 0.345 e. The molecule has 0 radical (unpaired) electrons. The lowest BCUT2D eigenvalue weighted by Gasteiger charge is -2.20. The monoisotopic (exact) mass is 258 g/mol. The molecular weight excluding hydrogens is 244 g/mol. The third kappa shape index (κ3) is 2.19. The molecule has 1 aliphatic heterocycles. The Morgan fingerprint density at radius 3 is 2.47 bits per heavy atom. The Balaban J connectivity index is 2.16. The van der Waals surface area contributed by atoms with Crippen LogP contribution < -0.4 is 15.2 Å². The van der Waals surface area contributed by atoms with E-state index in [1.165, 1.54) is 0 Å². The molecule has 1 N–H and O–H groups in total. The zero-order valence-electron chi connectivity index (χ0n) is 10.8. The van der Waals surface area contributed by atoms with Crippen LogP contribution in [0.2, 0.25) is 0 Å². The Morgan fingerprint density at radius 2 is 1.79 bits per heavy atom. The van der Waals surface area contributed by atoms with E-state index in [1.807, 2.05) is 32.0 Å². The number of nitrogens with zero attached hydrogens (tertiary/aromatic N) is 1. The van der Waals surface area contributed by atoms with E-state index >= 15 is 0 Å². The number of fused-ring (bicyclic) bond motifs is 1. The van der Waals surface area contributed by atoms with E-state index in [9.17, 15) is 4.79 Å². The van der Waals surface area contributed by atoms with Crippen molar-refractivity contribution in [3.05, 3.63) is 39.9 Å². The highest BCUT2D eigenvalue weighted by Gasteiger charge is 2.16. The summed E-state index contributed by atoms with van der Waals surface area (Å²) < 4.78 is 11.1. The summed E-state index contributed by atoms with van der Waals surface area (Å²) in [6, 6.07) is 5.65. The van der Waals surface area contributed by atoms with Crippen molar-refractivity contribution < 1.29 is 9.47 Å². The van der Waals surface area contributed by atoms with Gasteiger partial charge in [-0.1, -0.05) is 0 Å². The van der Waals surface area contributed by atoms with Crippen LogP contribution >= 0.6 is 0 Å². The normalized spacial score (nSPS) is 13.4. The molecule has 1 aromatic heterocycles. The number of nitrogens with one attached hydrogen (secondary N) is 1. The maximum atomic E-state index is 11.5. The minimum absolute atomic E-state index is 0.343. The molecule has 2 heterocycles. The van der Waals surface area contributed by atoms with Crippen molar-refractivity contribution in [2.75, 3.05) is 13.2 Å². The van der Waals surface area contributed by atoms with E-state index in [0.29, 0.717) is 24.7 Å². The quantitative estimate of drug-likeness (QED) is 0.847. The molecule has 1 aromatic carbocycles. The number of hydrogen-bond donors (Lipinski definition) is 1. The van der Waals surface area contributed by atoms with Gasteiger partial charge in [-0.3, -0.25) is 0 Å². The molecule has 5 nitrogen and oxygen atoms in total. The average molecular weight is 258 g/mol. The van der Waals surface area contributed by atoms with Gasteiger partial charge >= 0.3 is 5.69 Å². The molecule has 0 unspecified atom stereocenters. The van der Waals surface area contributed by atoms with Crippen molar-refractivity contribution in [2.45, 2.75) is 13.8 Å². The maximum absolute atomic E-state index is 11.5. The molecule has 1 aliphatic rings. The zero-order valence-corrected chi connectivity index (χ0v) is 10.8. The van der Waals surface area contributed by atoms with Crippen LogP contribution in [0.25, 0.3) is 11.3 Å². The van der Waals surface area contributed by atoms with Crippen LogP contribution in [0.1, 0.15) is 11.3 Å². The van der Waals surface area contributed by atoms with Crippen LogP contribution in [0.3, 0.4) is 0 Å². The van der Waals surface area contributed by atoms with E-state index in [-0.39, 0.29) is 5.69 Å². The molecule has 0 amide bonds. The minimum Gasteiger partial charge on any atom is -0.486 e. The third-order valence-electron chi connectivity index (χ3n) is 3.04. The highest BCUT2D eigenvalue weighted by molar-refractivity contribution is 5.68. The van der Waals surface area contributed by atoms with Gasteiger partial charge in [0, 0.05) is 11.3 Å². The van der Waals surface area contributed by atoms with E-state index in [4.69, 9.17) is 9.47 Å². The summed E-state index contributed by atoms with van der Waals surface area (Å²) in [5.74, 6) is 1.45. The first-order valence-corrected chi connectivity index (χ1v) is 6.12. The van der Waals surface area contributed by atoms with E-state index < -0.39 is 0 Å². The van der Waals surface area contributed by atoms with Crippen molar-refractivity contribution in [3.63, 3.8) is 0 Å². The number of H-pyrrole nitrogens is 1. The van der Waals surface area contributed by atoms with E-state index in [1.54, 1.807) is 0 Å². The lowest BCUT2D eigenvalue weighted by Crippen LogP contribution is -2.16. The molecule has 98 valence electrons. The van der Waals surface area contributed by atoms with Gasteiger partial charge < -0.3 is 14.5 Å². The average Bonchev–Trinajstić information content (AvgIpc) is 2.36. The first-order valence-electron chi connectivity index (χ1n) is 6.12. The van der Waals surface area contributed by atoms with Crippen molar-refractivity contribution in [1.82, 2.24) is 9.97 Å². The number of aromatic nitrogens is 2. The Labute approximate surface area is 110 Å². The van der Waals surface area contributed by atoms with Crippen molar-refractivity contribution in [3.8, 4) is 22.8 Å². The fraction of sp³-hybridized carbons (Fsp3) is 0.286. The first kappa shape index (κ1) is 11.8. The number of ether oxygens (including phenoxy) is 2. The van der Waals surface area contributed by atoms with Crippen LogP contribution in [0.15, 0.2) is 23.0 Å². The number of aryl methyl sites for hydroxylation is 2. The Bertz CT molecular complexity index is 692. The molecule has 2 aromatic rings.